The van der Waals surface area contributed by atoms with Gasteiger partial charge in [-0.15, -0.1) is 0 Å². The number of hydrogen-bond acceptors (Lipinski definition) is 6. The summed E-state index contributed by atoms with van der Waals surface area (Å²) in [6.07, 6.45) is 2.77. The molecule has 0 aliphatic carbocycles. The fourth-order valence-electron chi connectivity index (χ4n) is 2.75. The van der Waals surface area contributed by atoms with E-state index < -0.39 is 0 Å². The third-order valence-corrected chi connectivity index (χ3v) is 4.17. The second kappa shape index (κ2) is 8.98. The Kier molecular flexibility index (Phi) is 6.97. The van der Waals surface area contributed by atoms with Gasteiger partial charge in [-0.25, -0.2) is 4.98 Å². The molecule has 1 aliphatic rings. The number of hydrogen-bond donors (Lipinski definition) is 0. The average molecular weight is 364 g/mol. The molecule has 7 nitrogen and oxygen atoms in total. The molecule has 0 radical (unpaired) electrons. The Morgan fingerprint density at radius 1 is 1.19 bits per heavy atom. The summed E-state index contributed by atoms with van der Waals surface area (Å²) in [6.45, 7) is 7.92. The van der Waals surface area contributed by atoms with Crippen LogP contribution in [0.4, 0.5) is 0 Å². The van der Waals surface area contributed by atoms with E-state index in [1.165, 1.54) is 13.3 Å². The van der Waals surface area contributed by atoms with E-state index in [0.717, 1.165) is 0 Å². The number of pyridine rings is 1. The summed E-state index contributed by atoms with van der Waals surface area (Å²) in [5, 5.41) is 0. The second-order valence-electron chi connectivity index (χ2n) is 7.28. The van der Waals surface area contributed by atoms with Crippen LogP contribution in [-0.2, 0) is 14.3 Å². The van der Waals surface area contributed by atoms with Crippen molar-refractivity contribution in [1.82, 2.24) is 9.88 Å². The van der Waals surface area contributed by atoms with Crippen LogP contribution in [0.3, 0.4) is 0 Å². The SMILES string of the molecule is COC(=O)C1CCN(C(=O)c2ccc(OCCOC(C)(C)C)nc2)CC1. The molecule has 1 aromatic rings. The van der Waals surface area contributed by atoms with Crippen LogP contribution < -0.4 is 4.74 Å². The quantitative estimate of drug-likeness (QED) is 0.569. The van der Waals surface area contributed by atoms with Crippen LogP contribution in [0.1, 0.15) is 44.0 Å². The van der Waals surface area contributed by atoms with E-state index in [1.807, 2.05) is 20.8 Å². The van der Waals surface area contributed by atoms with Gasteiger partial charge in [-0.1, -0.05) is 0 Å². The minimum Gasteiger partial charge on any atom is -0.475 e. The van der Waals surface area contributed by atoms with Gasteiger partial charge >= 0.3 is 5.97 Å². The van der Waals surface area contributed by atoms with Gasteiger partial charge in [0.25, 0.3) is 5.91 Å². The van der Waals surface area contributed by atoms with E-state index >= 15 is 0 Å². The third-order valence-electron chi connectivity index (χ3n) is 4.17. The van der Waals surface area contributed by atoms with Crippen molar-refractivity contribution in [3.8, 4) is 5.88 Å². The molecule has 1 saturated heterocycles. The number of amides is 1. The molecule has 0 bridgehead atoms. The Hall–Kier alpha value is -2.15. The van der Waals surface area contributed by atoms with Gasteiger partial charge in [0, 0.05) is 25.4 Å². The number of methoxy groups -OCH3 is 1. The molecule has 0 atom stereocenters. The Labute approximate surface area is 154 Å². The third kappa shape index (κ3) is 5.98. The van der Waals surface area contributed by atoms with Crippen LogP contribution in [0.5, 0.6) is 5.88 Å². The molecule has 2 heterocycles. The topological polar surface area (TPSA) is 78.0 Å². The monoisotopic (exact) mass is 364 g/mol. The standard InChI is InChI=1S/C19H28N2O5/c1-19(2,3)26-12-11-25-16-6-5-15(13-20-16)17(22)21-9-7-14(8-10-21)18(23)24-4/h5-6,13-14H,7-12H2,1-4H3. The number of piperidine rings is 1. The minimum absolute atomic E-state index is 0.0802. The summed E-state index contributed by atoms with van der Waals surface area (Å²) in [6, 6.07) is 3.40. The number of carbonyl (C=O) groups excluding carboxylic acids is 2. The van der Waals surface area contributed by atoms with Gasteiger partial charge < -0.3 is 19.1 Å². The van der Waals surface area contributed by atoms with Crippen LogP contribution in [-0.4, -0.2) is 60.8 Å². The van der Waals surface area contributed by atoms with E-state index in [4.69, 9.17) is 14.2 Å². The highest BCUT2D eigenvalue weighted by molar-refractivity contribution is 5.94. The zero-order valence-electron chi connectivity index (χ0n) is 16.0. The maximum atomic E-state index is 12.5. The zero-order chi connectivity index (χ0) is 19.2. The van der Waals surface area contributed by atoms with E-state index in [9.17, 15) is 9.59 Å². The molecule has 144 valence electrons. The first-order chi connectivity index (χ1) is 12.3. The lowest BCUT2D eigenvalue weighted by Gasteiger charge is -2.30. The molecular formula is C19H28N2O5. The Bertz CT molecular complexity index is 601. The highest BCUT2D eigenvalue weighted by Gasteiger charge is 2.28. The van der Waals surface area contributed by atoms with Gasteiger partial charge in [0.15, 0.2) is 0 Å². The van der Waals surface area contributed by atoms with Crippen molar-refractivity contribution in [2.45, 2.75) is 39.2 Å². The fourth-order valence-corrected chi connectivity index (χ4v) is 2.75. The number of ether oxygens (including phenoxy) is 3. The van der Waals surface area contributed by atoms with E-state index in [2.05, 4.69) is 4.98 Å². The number of aromatic nitrogens is 1. The number of nitrogens with zero attached hydrogens (tertiary/aromatic N) is 2. The minimum atomic E-state index is -0.200. The van der Waals surface area contributed by atoms with Crippen LogP contribution in [0.15, 0.2) is 18.3 Å². The Balaban J connectivity index is 1.81. The molecule has 1 fully saturated rings. The summed E-state index contributed by atoms with van der Waals surface area (Å²) >= 11 is 0. The van der Waals surface area contributed by atoms with E-state index in [-0.39, 0.29) is 23.4 Å². The lowest BCUT2D eigenvalue weighted by molar-refractivity contribution is -0.146. The van der Waals surface area contributed by atoms with Gasteiger partial charge in [-0.2, -0.15) is 0 Å². The highest BCUT2D eigenvalue weighted by atomic mass is 16.5. The van der Waals surface area contributed by atoms with Crippen molar-refractivity contribution in [1.29, 1.82) is 0 Å². The Morgan fingerprint density at radius 2 is 1.88 bits per heavy atom. The summed E-state index contributed by atoms with van der Waals surface area (Å²) in [7, 11) is 1.39. The van der Waals surface area contributed by atoms with Crippen molar-refractivity contribution < 1.29 is 23.8 Å². The molecule has 0 aromatic carbocycles. The van der Waals surface area contributed by atoms with Crippen LogP contribution in [0.25, 0.3) is 0 Å². The highest BCUT2D eigenvalue weighted by Crippen LogP contribution is 2.20. The van der Waals surface area contributed by atoms with Crippen molar-refractivity contribution in [3.05, 3.63) is 23.9 Å². The number of esters is 1. The summed E-state index contributed by atoms with van der Waals surface area (Å²) in [5.74, 6) is 0.0656. The predicted molar refractivity (Wildman–Crippen MR) is 96.1 cm³/mol. The normalized spacial score (nSPS) is 15.6. The summed E-state index contributed by atoms with van der Waals surface area (Å²) in [4.78, 5) is 30.0. The lowest BCUT2D eigenvalue weighted by Crippen LogP contribution is -2.40. The van der Waals surface area contributed by atoms with Crippen LogP contribution in [0.2, 0.25) is 0 Å². The van der Waals surface area contributed by atoms with Crippen molar-refractivity contribution >= 4 is 11.9 Å². The molecular weight excluding hydrogens is 336 g/mol. The second-order valence-corrected chi connectivity index (χ2v) is 7.28. The summed E-state index contributed by atoms with van der Waals surface area (Å²) < 4.78 is 15.9. The molecule has 26 heavy (non-hydrogen) atoms. The first-order valence-electron chi connectivity index (χ1n) is 8.90. The van der Waals surface area contributed by atoms with Crippen LogP contribution in [0, 0.1) is 5.92 Å². The van der Waals surface area contributed by atoms with Crippen molar-refractivity contribution in [2.75, 3.05) is 33.4 Å². The maximum absolute atomic E-state index is 12.5. The van der Waals surface area contributed by atoms with Gasteiger partial charge in [0.05, 0.1) is 30.8 Å². The molecule has 0 N–H and O–H groups in total. The first-order valence-corrected chi connectivity index (χ1v) is 8.90. The molecule has 0 saturated carbocycles. The molecule has 0 spiro atoms. The maximum Gasteiger partial charge on any atom is 0.308 e. The molecule has 7 heteroatoms. The fraction of sp³-hybridized carbons (Fsp3) is 0.632. The number of rotatable bonds is 6. The summed E-state index contributed by atoms with van der Waals surface area (Å²) in [5.41, 5.74) is 0.314. The molecule has 1 aromatic heterocycles. The van der Waals surface area contributed by atoms with E-state index in [0.29, 0.717) is 50.6 Å². The smallest absolute Gasteiger partial charge is 0.308 e. The van der Waals surface area contributed by atoms with E-state index in [1.54, 1.807) is 17.0 Å². The largest absolute Gasteiger partial charge is 0.475 e. The number of carbonyl (C=O) groups is 2. The van der Waals surface area contributed by atoms with Gasteiger partial charge in [-0.3, -0.25) is 9.59 Å². The zero-order valence-corrected chi connectivity index (χ0v) is 16.0. The number of likely N-dealkylation sites (tertiary alicyclic amines) is 1. The molecule has 0 unspecified atom stereocenters. The van der Waals surface area contributed by atoms with Crippen molar-refractivity contribution in [3.63, 3.8) is 0 Å². The lowest BCUT2D eigenvalue weighted by atomic mass is 9.96. The molecule has 1 amide bonds. The van der Waals surface area contributed by atoms with Gasteiger partial charge in [-0.05, 0) is 39.7 Å². The van der Waals surface area contributed by atoms with Crippen LogP contribution >= 0.6 is 0 Å². The Morgan fingerprint density at radius 3 is 2.42 bits per heavy atom. The van der Waals surface area contributed by atoms with Gasteiger partial charge in [0.2, 0.25) is 5.88 Å². The average Bonchev–Trinajstić information content (AvgIpc) is 2.64. The molecule has 1 aliphatic heterocycles. The first kappa shape index (κ1) is 20.2. The van der Waals surface area contributed by atoms with Crippen molar-refractivity contribution in [2.24, 2.45) is 5.92 Å². The van der Waals surface area contributed by atoms with Gasteiger partial charge in [0.1, 0.15) is 6.61 Å². The molecule has 2 rings (SSSR count). The predicted octanol–water partition coefficient (Wildman–Crippen LogP) is 2.30.